The molecule has 0 saturated heterocycles. The van der Waals surface area contributed by atoms with Gasteiger partial charge in [0.2, 0.25) is 0 Å². The van der Waals surface area contributed by atoms with Gasteiger partial charge in [-0.2, -0.15) is 0 Å². The summed E-state index contributed by atoms with van der Waals surface area (Å²) in [6, 6.07) is 8.98. The summed E-state index contributed by atoms with van der Waals surface area (Å²) in [7, 11) is 0. The molecule has 3 aromatic heterocycles. The second kappa shape index (κ2) is 10.5. The fourth-order valence-electron chi connectivity index (χ4n) is 6.02. The smallest absolute Gasteiger partial charge is 0.0693 e. The summed E-state index contributed by atoms with van der Waals surface area (Å²) in [6.45, 7) is 17.8. The Kier molecular flexibility index (Phi) is 7.69. The van der Waals surface area contributed by atoms with Gasteiger partial charge in [-0.15, -0.1) is 0 Å². The van der Waals surface area contributed by atoms with Crippen molar-refractivity contribution in [3.63, 3.8) is 0 Å². The fraction of sp³-hybridized carbons (Fsp3) is 0.375. The zero-order valence-corrected chi connectivity index (χ0v) is 24.3. The Labute approximate surface area is 231 Å². The number of aromatic amines is 2. The van der Waals surface area contributed by atoms with Crippen LogP contribution in [-0.4, -0.2) is 19.9 Å². The van der Waals surface area contributed by atoms with E-state index in [1.165, 1.54) is 44.5 Å². The van der Waals surface area contributed by atoms with Gasteiger partial charge in [0.1, 0.15) is 0 Å². The fourth-order valence-corrected chi connectivity index (χ4v) is 6.02. The van der Waals surface area contributed by atoms with Gasteiger partial charge < -0.3 is 9.97 Å². The van der Waals surface area contributed by atoms with Gasteiger partial charge in [-0.05, 0) is 122 Å². The van der Waals surface area contributed by atoms with Gasteiger partial charge in [0.05, 0.1) is 22.8 Å². The summed E-state index contributed by atoms with van der Waals surface area (Å²) < 4.78 is 0. The Hall–Kier alpha value is -2.88. The Balaban J connectivity index is 0.00000320. The SMILES string of the molecule is CCC1=C(C)c2cc3nc(cc4[nH]c(cc5[nH]c(cc1n2)c(CC)c5C)c(C)c4CC)C(CC)=C3C.[Cu]. The summed E-state index contributed by atoms with van der Waals surface area (Å²) in [5, 5.41) is 0. The van der Waals surface area contributed by atoms with Crippen LogP contribution in [0.2, 0.25) is 0 Å². The van der Waals surface area contributed by atoms with Crippen LogP contribution in [0.1, 0.15) is 99.4 Å². The minimum absolute atomic E-state index is 0. The Morgan fingerprint density at radius 2 is 0.919 bits per heavy atom. The maximum atomic E-state index is 5.13. The maximum Gasteiger partial charge on any atom is 0.0693 e. The topological polar surface area (TPSA) is 57.4 Å². The van der Waals surface area contributed by atoms with Crippen LogP contribution in [-0.2, 0) is 29.9 Å². The van der Waals surface area contributed by atoms with Crippen molar-refractivity contribution in [3.8, 4) is 0 Å². The number of rotatable bonds is 4. The Morgan fingerprint density at radius 3 is 1.27 bits per heavy atom. The van der Waals surface area contributed by atoms with E-state index in [-0.39, 0.29) is 17.1 Å². The normalized spacial score (nSPS) is 13.4. The van der Waals surface area contributed by atoms with E-state index in [2.05, 4.69) is 89.6 Å². The van der Waals surface area contributed by atoms with E-state index in [1.807, 2.05) is 0 Å². The Bertz CT molecular complexity index is 1490. The number of nitrogens with one attached hydrogen (secondary N) is 2. The van der Waals surface area contributed by atoms with E-state index in [9.17, 15) is 0 Å². The third-order valence-electron chi connectivity index (χ3n) is 8.21. The molecule has 0 fully saturated rings. The number of hydrogen-bond acceptors (Lipinski definition) is 2. The molecular formula is C32H38CuN4. The van der Waals surface area contributed by atoms with Crippen LogP contribution in [0.3, 0.4) is 0 Å². The van der Waals surface area contributed by atoms with Crippen molar-refractivity contribution in [1.29, 1.82) is 0 Å². The van der Waals surface area contributed by atoms with E-state index in [4.69, 9.17) is 9.97 Å². The molecule has 0 amide bonds. The number of hydrogen-bond donors (Lipinski definition) is 2. The summed E-state index contributed by atoms with van der Waals surface area (Å²) in [6.07, 6.45) is 3.86. The van der Waals surface area contributed by atoms with Gasteiger partial charge in [-0.3, -0.25) is 0 Å². The van der Waals surface area contributed by atoms with E-state index >= 15 is 0 Å². The van der Waals surface area contributed by atoms with Gasteiger partial charge in [-0.1, -0.05) is 27.7 Å². The summed E-state index contributed by atoms with van der Waals surface area (Å²) in [5.74, 6) is 0. The molecule has 5 rings (SSSR count). The zero-order valence-electron chi connectivity index (χ0n) is 23.3. The Morgan fingerprint density at radius 1 is 0.514 bits per heavy atom. The summed E-state index contributed by atoms with van der Waals surface area (Å²) >= 11 is 0. The van der Waals surface area contributed by atoms with Gasteiger partial charge in [0.25, 0.3) is 0 Å². The number of fused-ring (bicyclic) bond motifs is 8. The van der Waals surface area contributed by atoms with Crippen molar-refractivity contribution in [1.82, 2.24) is 19.9 Å². The number of aromatic nitrogens is 4. The monoisotopic (exact) mass is 541 g/mol. The summed E-state index contributed by atoms with van der Waals surface area (Å²) in [4.78, 5) is 17.7. The molecule has 3 aromatic rings. The molecule has 0 spiro atoms. The van der Waals surface area contributed by atoms with E-state index < -0.39 is 0 Å². The first kappa shape index (κ1) is 27.2. The van der Waals surface area contributed by atoms with Gasteiger partial charge in [0, 0.05) is 39.1 Å². The molecule has 2 aliphatic heterocycles. The maximum absolute atomic E-state index is 5.13. The molecule has 37 heavy (non-hydrogen) atoms. The quantitative estimate of drug-likeness (QED) is 0.324. The molecule has 0 atom stereocenters. The largest absolute Gasteiger partial charge is 0.355 e. The second-order valence-electron chi connectivity index (χ2n) is 10.1. The average Bonchev–Trinajstić information content (AvgIpc) is 3.51. The predicted molar refractivity (Wildman–Crippen MR) is 155 cm³/mol. The molecular weight excluding hydrogens is 504 g/mol. The number of H-pyrrole nitrogens is 2. The molecule has 0 unspecified atom stereocenters. The third kappa shape index (κ3) is 4.43. The second-order valence-corrected chi connectivity index (χ2v) is 10.1. The van der Waals surface area contributed by atoms with Crippen LogP contribution in [0.25, 0.3) is 44.4 Å². The van der Waals surface area contributed by atoms with Crippen LogP contribution < -0.4 is 0 Å². The summed E-state index contributed by atoms with van der Waals surface area (Å²) in [5.41, 5.74) is 19.3. The van der Waals surface area contributed by atoms with Crippen LogP contribution in [0.4, 0.5) is 0 Å². The molecule has 0 aromatic carbocycles. The van der Waals surface area contributed by atoms with E-state index in [1.54, 1.807) is 0 Å². The van der Waals surface area contributed by atoms with Gasteiger partial charge in [-0.25, -0.2) is 9.97 Å². The first-order chi connectivity index (χ1) is 17.3. The molecule has 2 N–H and O–H groups in total. The first-order valence-electron chi connectivity index (χ1n) is 13.4. The van der Waals surface area contributed by atoms with Crippen LogP contribution in [0, 0.1) is 13.8 Å². The first-order valence-corrected chi connectivity index (χ1v) is 13.4. The van der Waals surface area contributed by atoms with Crippen molar-refractivity contribution < 1.29 is 17.1 Å². The third-order valence-corrected chi connectivity index (χ3v) is 8.21. The number of allylic oxidation sites excluding steroid dienone is 4. The van der Waals surface area contributed by atoms with E-state index in [0.717, 1.165) is 70.5 Å². The van der Waals surface area contributed by atoms with Crippen molar-refractivity contribution in [2.75, 3.05) is 0 Å². The van der Waals surface area contributed by atoms with Gasteiger partial charge >= 0.3 is 0 Å². The van der Waals surface area contributed by atoms with Crippen LogP contribution in [0.5, 0.6) is 0 Å². The molecule has 5 heteroatoms. The molecule has 0 aliphatic carbocycles. The minimum atomic E-state index is 0. The number of aryl methyl sites for hydroxylation is 4. The molecule has 197 valence electrons. The number of nitrogens with zero attached hydrogens (tertiary/aromatic N) is 2. The molecule has 8 bridgehead atoms. The predicted octanol–water partition coefficient (Wildman–Crippen LogP) is 8.74. The van der Waals surface area contributed by atoms with Crippen LogP contribution >= 0.6 is 0 Å². The van der Waals surface area contributed by atoms with Crippen molar-refractivity contribution in [2.45, 2.75) is 81.1 Å². The molecule has 5 heterocycles. The molecule has 1 radical (unpaired) electrons. The standard InChI is InChI=1S/C32H38N4.Cu/c1-9-21-17(5)25-13-26-19(7)23(11-3)31(35-26)16-32-24(12-4)20(8)28(36-32)14-27-18(6)22(10-2)30(34-27)15-29(21)33-25;/h13-16,33,35H,9-12H2,1-8H3;. The van der Waals surface area contributed by atoms with Crippen LogP contribution in [0.15, 0.2) is 24.3 Å². The van der Waals surface area contributed by atoms with E-state index in [0.29, 0.717) is 0 Å². The van der Waals surface area contributed by atoms with Crippen molar-refractivity contribution in [2.24, 2.45) is 0 Å². The molecule has 2 aliphatic rings. The molecule has 4 nitrogen and oxygen atoms in total. The average molecular weight is 542 g/mol. The zero-order chi connectivity index (χ0) is 25.7. The van der Waals surface area contributed by atoms with Crippen molar-refractivity contribution >= 4 is 44.4 Å². The minimum Gasteiger partial charge on any atom is -0.355 e. The van der Waals surface area contributed by atoms with Gasteiger partial charge in [0.15, 0.2) is 0 Å². The molecule has 0 saturated carbocycles. The van der Waals surface area contributed by atoms with Crippen molar-refractivity contribution in [3.05, 3.63) is 69.3 Å².